The highest BCUT2D eigenvalue weighted by Crippen LogP contribution is 2.38. The van der Waals surface area contributed by atoms with E-state index in [-0.39, 0.29) is 18.4 Å². The van der Waals surface area contributed by atoms with Crippen LogP contribution in [0.2, 0.25) is 0 Å². The second kappa shape index (κ2) is 6.11. The summed E-state index contributed by atoms with van der Waals surface area (Å²) >= 11 is 0. The fraction of sp³-hybridized carbons (Fsp3) is 0.389. The molecule has 1 aromatic carbocycles. The first-order chi connectivity index (χ1) is 12.7. The molecule has 0 saturated carbocycles. The number of nitrogens with zero attached hydrogens (tertiary/aromatic N) is 5. The molecule has 1 aliphatic rings. The fourth-order valence-corrected chi connectivity index (χ4v) is 3.13. The highest BCUT2D eigenvalue weighted by molar-refractivity contribution is 5.69. The first kappa shape index (κ1) is 17.6. The Hall–Kier alpha value is -2.84. The summed E-state index contributed by atoms with van der Waals surface area (Å²) in [6, 6.07) is 3.59. The molecule has 3 heterocycles. The van der Waals surface area contributed by atoms with E-state index in [9.17, 15) is 13.2 Å². The third-order valence-corrected chi connectivity index (χ3v) is 4.37. The van der Waals surface area contributed by atoms with Gasteiger partial charge in [0.2, 0.25) is 0 Å². The molecular weight excluding hydrogens is 359 g/mol. The first-order valence-corrected chi connectivity index (χ1v) is 8.59. The summed E-state index contributed by atoms with van der Waals surface area (Å²) in [6.07, 6.45) is -2.58. The van der Waals surface area contributed by atoms with Gasteiger partial charge in [0, 0.05) is 12.2 Å². The van der Waals surface area contributed by atoms with E-state index >= 15 is 0 Å². The third-order valence-electron chi connectivity index (χ3n) is 4.37. The topological polar surface area (TPSA) is 57.8 Å². The van der Waals surface area contributed by atoms with E-state index in [1.807, 2.05) is 31.5 Å². The maximum absolute atomic E-state index is 13.0. The number of halogens is 3. The molecule has 0 aliphatic carbocycles. The smallest absolute Gasteiger partial charge is 0.416 e. The monoisotopic (exact) mass is 377 g/mol. The number of fused-ring (bicyclic) bond motifs is 3. The molecule has 0 unspecified atom stereocenters. The lowest BCUT2D eigenvalue weighted by molar-refractivity contribution is -0.137. The number of benzene rings is 1. The summed E-state index contributed by atoms with van der Waals surface area (Å²) in [7, 11) is 0. The van der Waals surface area contributed by atoms with Gasteiger partial charge in [-0.05, 0) is 39.0 Å². The quantitative estimate of drug-likeness (QED) is 0.674. The average molecular weight is 377 g/mol. The molecule has 0 N–H and O–H groups in total. The number of hydrogen-bond donors (Lipinski definition) is 0. The lowest BCUT2D eigenvalue weighted by atomic mass is 10.1. The van der Waals surface area contributed by atoms with Crippen molar-refractivity contribution in [1.82, 2.24) is 24.3 Å². The van der Waals surface area contributed by atoms with E-state index in [0.717, 1.165) is 12.1 Å². The van der Waals surface area contributed by atoms with Crippen molar-refractivity contribution in [2.75, 3.05) is 6.61 Å². The van der Waals surface area contributed by atoms with Gasteiger partial charge in [0.15, 0.2) is 5.82 Å². The lowest BCUT2D eigenvalue weighted by Gasteiger charge is -2.11. The van der Waals surface area contributed by atoms with Crippen molar-refractivity contribution < 1.29 is 17.9 Å². The number of aryl methyl sites for hydroxylation is 1. The lowest BCUT2D eigenvalue weighted by Crippen LogP contribution is -2.07. The van der Waals surface area contributed by atoms with Crippen LogP contribution >= 0.6 is 0 Å². The molecule has 2 aromatic heterocycles. The number of alkyl halides is 3. The zero-order valence-corrected chi connectivity index (χ0v) is 15.1. The van der Waals surface area contributed by atoms with Crippen LogP contribution in [0.4, 0.5) is 13.2 Å². The molecule has 0 amide bonds. The average Bonchev–Trinajstić information content (AvgIpc) is 3.13. The summed E-state index contributed by atoms with van der Waals surface area (Å²) in [4.78, 5) is 9.12. The predicted molar refractivity (Wildman–Crippen MR) is 92.3 cm³/mol. The number of ether oxygens (including phenoxy) is 1. The molecule has 0 bridgehead atoms. The van der Waals surface area contributed by atoms with Crippen molar-refractivity contribution in [3.8, 4) is 28.7 Å². The second-order valence-corrected chi connectivity index (χ2v) is 6.72. The molecular formula is C18H18F3N5O. The summed E-state index contributed by atoms with van der Waals surface area (Å²) in [5.41, 5.74) is 0.419. The van der Waals surface area contributed by atoms with Crippen LogP contribution in [0.3, 0.4) is 0 Å². The van der Waals surface area contributed by atoms with Gasteiger partial charge in [0.25, 0.3) is 0 Å². The summed E-state index contributed by atoms with van der Waals surface area (Å²) < 4.78 is 48.2. The van der Waals surface area contributed by atoms with Crippen molar-refractivity contribution in [2.45, 2.75) is 39.5 Å². The largest absolute Gasteiger partial charge is 0.491 e. The van der Waals surface area contributed by atoms with Crippen LogP contribution < -0.4 is 4.74 Å². The fourth-order valence-electron chi connectivity index (χ4n) is 3.13. The molecule has 27 heavy (non-hydrogen) atoms. The Kier molecular flexibility index (Phi) is 3.97. The zero-order chi connectivity index (χ0) is 19.3. The molecule has 9 heteroatoms. The van der Waals surface area contributed by atoms with E-state index in [4.69, 9.17) is 4.74 Å². The van der Waals surface area contributed by atoms with Gasteiger partial charge in [-0.3, -0.25) is 0 Å². The van der Waals surface area contributed by atoms with Gasteiger partial charge < -0.3 is 9.30 Å². The molecule has 3 aromatic rings. The van der Waals surface area contributed by atoms with Gasteiger partial charge in [-0.15, -0.1) is 0 Å². The van der Waals surface area contributed by atoms with Gasteiger partial charge in [-0.25, -0.2) is 14.6 Å². The van der Waals surface area contributed by atoms with E-state index in [1.165, 1.54) is 6.07 Å². The molecule has 0 spiro atoms. The Labute approximate surface area is 153 Å². The Balaban J connectivity index is 1.83. The minimum absolute atomic E-state index is 0.104. The van der Waals surface area contributed by atoms with Crippen molar-refractivity contribution >= 4 is 0 Å². The van der Waals surface area contributed by atoms with Crippen LogP contribution in [0.15, 0.2) is 24.4 Å². The van der Waals surface area contributed by atoms with Crippen molar-refractivity contribution in [3.05, 3.63) is 35.8 Å². The number of aromatic nitrogens is 5. The Bertz CT molecular complexity index is 1000. The van der Waals surface area contributed by atoms with Crippen LogP contribution in [0.5, 0.6) is 5.75 Å². The van der Waals surface area contributed by atoms with Crippen LogP contribution in [-0.2, 0) is 12.7 Å². The second-order valence-electron chi connectivity index (χ2n) is 6.72. The maximum atomic E-state index is 13.0. The summed E-state index contributed by atoms with van der Waals surface area (Å²) in [5.74, 6) is 2.02. The minimum Gasteiger partial charge on any atom is -0.491 e. The standard InChI is InChI=1S/C18H18F3N5O/c1-10(2)26-17(22-11(3)24-26)14-9-25-6-7-27-15-8-12(18(19,20)21)4-5-13(15)16(25)23-14/h4-5,8-10H,6-7H2,1-3H3. The maximum Gasteiger partial charge on any atom is 0.416 e. The van der Waals surface area contributed by atoms with Crippen molar-refractivity contribution in [3.63, 3.8) is 0 Å². The van der Waals surface area contributed by atoms with Crippen LogP contribution in [0.25, 0.3) is 22.9 Å². The number of hydrogen-bond acceptors (Lipinski definition) is 4. The minimum atomic E-state index is -4.42. The molecule has 142 valence electrons. The molecule has 6 nitrogen and oxygen atoms in total. The SMILES string of the molecule is Cc1nc(-c2cn3c(n2)-c2ccc(C(F)(F)F)cc2OCC3)n(C(C)C)n1. The molecule has 1 aliphatic heterocycles. The molecule has 0 radical (unpaired) electrons. The van der Waals surface area contributed by atoms with Gasteiger partial charge >= 0.3 is 6.18 Å². The van der Waals surface area contributed by atoms with Crippen LogP contribution in [0, 0.1) is 6.92 Å². The number of imidazole rings is 1. The van der Waals surface area contributed by atoms with Crippen molar-refractivity contribution in [1.29, 1.82) is 0 Å². The van der Waals surface area contributed by atoms with E-state index in [0.29, 0.717) is 35.3 Å². The van der Waals surface area contributed by atoms with Crippen LogP contribution in [-0.4, -0.2) is 30.9 Å². The van der Waals surface area contributed by atoms with E-state index < -0.39 is 11.7 Å². The summed E-state index contributed by atoms with van der Waals surface area (Å²) in [6.45, 7) is 6.55. The van der Waals surface area contributed by atoms with E-state index in [2.05, 4.69) is 15.1 Å². The molecule has 4 rings (SSSR count). The zero-order valence-electron chi connectivity index (χ0n) is 15.1. The van der Waals surface area contributed by atoms with Gasteiger partial charge in [0.1, 0.15) is 29.7 Å². The molecule has 0 atom stereocenters. The highest BCUT2D eigenvalue weighted by atomic mass is 19.4. The summed E-state index contributed by atoms with van der Waals surface area (Å²) in [5, 5.41) is 4.40. The van der Waals surface area contributed by atoms with Crippen molar-refractivity contribution in [2.24, 2.45) is 0 Å². The normalized spacial score (nSPS) is 13.9. The van der Waals surface area contributed by atoms with Gasteiger partial charge in [-0.2, -0.15) is 18.3 Å². The third kappa shape index (κ3) is 3.07. The molecule has 0 saturated heterocycles. The Morgan fingerprint density at radius 3 is 2.63 bits per heavy atom. The van der Waals surface area contributed by atoms with Gasteiger partial charge in [0.05, 0.1) is 17.7 Å². The van der Waals surface area contributed by atoms with Gasteiger partial charge in [-0.1, -0.05) is 0 Å². The Morgan fingerprint density at radius 2 is 1.93 bits per heavy atom. The highest BCUT2D eigenvalue weighted by Gasteiger charge is 2.32. The molecule has 0 fully saturated rings. The first-order valence-electron chi connectivity index (χ1n) is 8.59. The van der Waals surface area contributed by atoms with Crippen LogP contribution in [0.1, 0.15) is 31.3 Å². The number of rotatable bonds is 2. The van der Waals surface area contributed by atoms with E-state index in [1.54, 1.807) is 4.68 Å². The predicted octanol–water partition coefficient (Wildman–Crippen LogP) is 4.11. The Morgan fingerprint density at radius 1 is 1.15 bits per heavy atom.